The van der Waals surface area contributed by atoms with Crippen LogP contribution in [0.3, 0.4) is 0 Å². The molecule has 0 heterocycles. The lowest BCUT2D eigenvalue weighted by Gasteiger charge is -1.96. The molecule has 0 radical (unpaired) electrons. The molecule has 1 aromatic rings. The molecule has 2 nitrogen and oxygen atoms in total. The largest absolute Gasteiger partial charge is 0.353 e. The molecule has 0 aliphatic heterocycles. The minimum atomic E-state index is -0.0472. The predicted molar refractivity (Wildman–Crippen MR) is 58.9 cm³/mol. The number of carbonyl (C=O) groups is 1. The van der Waals surface area contributed by atoms with Gasteiger partial charge in [-0.15, -0.1) is 0 Å². The summed E-state index contributed by atoms with van der Waals surface area (Å²) >= 11 is 0. The first-order valence-electron chi connectivity index (χ1n) is 4.75. The van der Waals surface area contributed by atoms with Crippen molar-refractivity contribution in [3.8, 4) is 0 Å². The molecule has 1 rings (SSSR count). The van der Waals surface area contributed by atoms with Gasteiger partial charge in [0, 0.05) is 12.6 Å². The topological polar surface area (TPSA) is 29.1 Å². The second kappa shape index (κ2) is 5.22. The van der Waals surface area contributed by atoms with Crippen molar-refractivity contribution >= 4 is 12.0 Å². The van der Waals surface area contributed by atoms with E-state index in [-0.39, 0.29) is 5.91 Å². The fourth-order valence-electron chi connectivity index (χ4n) is 1.18. The van der Waals surface area contributed by atoms with E-state index in [4.69, 9.17) is 0 Å². The Morgan fingerprint density at radius 2 is 2.29 bits per heavy atom. The summed E-state index contributed by atoms with van der Waals surface area (Å²) in [6.07, 6.45) is 3.37. The van der Waals surface area contributed by atoms with Crippen LogP contribution in [0.2, 0.25) is 0 Å². The predicted octanol–water partition coefficient (Wildman–Crippen LogP) is 2.14. The van der Waals surface area contributed by atoms with Crippen molar-refractivity contribution in [3.05, 3.63) is 41.5 Å². The van der Waals surface area contributed by atoms with E-state index in [1.807, 2.05) is 44.2 Å². The smallest absolute Gasteiger partial charge is 0.243 e. The van der Waals surface area contributed by atoms with E-state index in [1.165, 1.54) is 5.56 Å². The first-order valence-corrected chi connectivity index (χ1v) is 4.75. The van der Waals surface area contributed by atoms with Crippen molar-refractivity contribution in [3.63, 3.8) is 0 Å². The SMILES string of the molecule is CCNC(=O)/C=C/c1cccc(C)c1. The molecule has 0 atom stereocenters. The number of hydrogen-bond donors (Lipinski definition) is 1. The molecule has 0 aromatic heterocycles. The van der Waals surface area contributed by atoms with Gasteiger partial charge in [-0.2, -0.15) is 0 Å². The molecule has 74 valence electrons. The quantitative estimate of drug-likeness (QED) is 0.725. The van der Waals surface area contributed by atoms with Gasteiger partial charge in [0.2, 0.25) is 5.91 Å². The second-order valence-electron chi connectivity index (χ2n) is 3.14. The van der Waals surface area contributed by atoms with Crippen LogP contribution in [0.4, 0.5) is 0 Å². The van der Waals surface area contributed by atoms with Gasteiger partial charge in [0.15, 0.2) is 0 Å². The first-order chi connectivity index (χ1) is 6.72. The summed E-state index contributed by atoms with van der Waals surface area (Å²) in [5.74, 6) is -0.0472. The number of aryl methyl sites for hydroxylation is 1. The van der Waals surface area contributed by atoms with E-state index in [9.17, 15) is 4.79 Å². The molecule has 0 saturated carbocycles. The minimum absolute atomic E-state index is 0.0472. The number of rotatable bonds is 3. The van der Waals surface area contributed by atoms with Crippen LogP contribution in [0.15, 0.2) is 30.3 Å². The third kappa shape index (κ3) is 3.44. The molecule has 0 saturated heterocycles. The van der Waals surface area contributed by atoms with Gasteiger partial charge in [0.05, 0.1) is 0 Å². The van der Waals surface area contributed by atoms with Crippen LogP contribution in [0, 0.1) is 6.92 Å². The van der Waals surface area contributed by atoms with Crippen LogP contribution >= 0.6 is 0 Å². The normalized spacial score (nSPS) is 10.4. The zero-order valence-corrected chi connectivity index (χ0v) is 8.58. The molecule has 0 aliphatic rings. The average molecular weight is 189 g/mol. The molecular formula is C12H15NO. The zero-order chi connectivity index (χ0) is 10.4. The van der Waals surface area contributed by atoms with Crippen molar-refractivity contribution in [1.29, 1.82) is 0 Å². The van der Waals surface area contributed by atoms with Crippen LogP contribution in [-0.2, 0) is 4.79 Å². The summed E-state index contributed by atoms with van der Waals surface area (Å²) < 4.78 is 0. The highest BCUT2D eigenvalue weighted by Gasteiger charge is 1.91. The van der Waals surface area contributed by atoms with Gasteiger partial charge < -0.3 is 5.32 Å². The van der Waals surface area contributed by atoms with Gasteiger partial charge in [-0.1, -0.05) is 29.8 Å². The molecular weight excluding hydrogens is 174 g/mol. The Labute approximate surface area is 84.6 Å². The van der Waals surface area contributed by atoms with E-state index < -0.39 is 0 Å². The number of carbonyl (C=O) groups excluding carboxylic acids is 1. The number of hydrogen-bond acceptors (Lipinski definition) is 1. The summed E-state index contributed by atoms with van der Waals surface area (Å²) in [6.45, 7) is 4.60. The molecule has 14 heavy (non-hydrogen) atoms. The van der Waals surface area contributed by atoms with E-state index in [1.54, 1.807) is 6.08 Å². The Morgan fingerprint density at radius 1 is 1.50 bits per heavy atom. The molecule has 0 spiro atoms. The van der Waals surface area contributed by atoms with Gasteiger partial charge in [0.25, 0.3) is 0 Å². The second-order valence-corrected chi connectivity index (χ2v) is 3.14. The van der Waals surface area contributed by atoms with Gasteiger partial charge in [-0.05, 0) is 25.5 Å². The van der Waals surface area contributed by atoms with Gasteiger partial charge in [0.1, 0.15) is 0 Å². The molecule has 0 bridgehead atoms. The lowest BCUT2D eigenvalue weighted by molar-refractivity contribution is -0.116. The summed E-state index contributed by atoms with van der Waals surface area (Å²) in [4.78, 5) is 11.1. The van der Waals surface area contributed by atoms with Crippen molar-refractivity contribution < 1.29 is 4.79 Å². The van der Waals surface area contributed by atoms with Gasteiger partial charge in [-0.3, -0.25) is 4.79 Å². The molecule has 0 aliphatic carbocycles. The fourth-order valence-corrected chi connectivity index (χ4v) is 1.18. The Kier molecular flexibility index (Phi) is 3.92. The van der Waals surface area contributed by atoms with Gasteiger partial charge >= 0.3 is 0 Å². The summed E-state index contributed by atoms with van der Waals surface area (Å²) in [5.41, 5.74) is 2.25. The van der Waals surface area contributed by atoms with Crippen LogP contribution in [-0.4, -0.2) is 12.5 Å². The third-order valence-corrected chi connectivity index (χ3v) is 1.82. The summed E-state index contributed by atoms with van der Waals surface area (Å²) in [6, 6.07) is 8.02. The number of likely N-dealkylation sites (N-methyl/N-ethyl adjacent to an activating group) is 1. The molecule has 0 unspecified atom stereocenters. The lowest BCUT2D eigenvalue weighted by atomic mass is 10.1. The number of benzene rings is 1. The molecule has 1 N–H and O–H groups in total. The standard InChI is InChI=1S/C12H15NO/c1-3-13-12(14)8-7-11-6-4-5-10(2)9-11/h4-9H,3H2,1-2H3,(H,13,14)/b8-7+. The van der Waals surface area contributed by atoms with Crippen molar-refractivity contribution in [2.75, 3.05) is 6.54 Å². The summed E-state index contributed by atoms with van der Waals surface area (Å²) in [5, 5.41) is 2.70. The molecule has 2 heteroatoms. The maximum absolute atomic E-state index is 11.1. The maximum Gasteiger partial charge on any atom is 0.243 e. The summed E-state index contributed by atoms with van der Waals surface area (Å²) in [7, 11) is 0. The van der Waals surface area contributed by atoms with E-state index in [0.717, 1.165) is 5.56 Å². The fraction of sp³-hybridized carbons (Fsp3) is 0.250. The van der Waals surface area contributed by atoms with Crippen molar-refractivity contribution in [1.82, 2.24) is 5.32 Å². The molecule has 0 fully saturated rings. The average Bonchev–Trinajstić information content (AvgIpc) is 2.15. The highest BCUT2D eigenvalue weighted by molar-refractivity contribution is 5.91. The van der Waals surface area contributed by atoms with E-state index in [0.29, 0.717) is 6.54 Å². The van der Waals surface area contributed by atoms with E-state index in [2.05, 4.69) is 5.32 Å². The van der Waals surface area contributed by atoms with Crippen LogP contribution in [0.5, 0.6) is 0 Å². The van der Waals surface area contributed by atoms with Crippen molar-refractivity contribution in [2.24, 2.45) is 0 Å². The van der Waals surface area contributed by atoms with Gasteiger partial charge in [-0.25, -0.2) is 0 Å². The highest BCUT2D eigenvalue weighted by Crippen LogP contribution is 2.05. The third-order valence-electron chi connectivity index (χ3n) is 1.82. The molecule has 1 aromatic carbocycles. The van der Waals surface area contributed by atoms with E-state index >= 15 is 0 Å². The first kappa shape index (κ1) is 10.5. The Morgan fingerprint density at radius 3 is 2.93 bits per heavy atom. The number of amides is 1. The zero-order valence-electron chi connectivity index (χ0n) is 8.58. The van der Waals surface area contributed by atoms with Crippen LogP contribution in [0.1, 0.15) is 18.1 Å². The van der Waals surface area contributed by atoms with Crippen molar-refractivity contribution in [2.45, 2.75) is 13.8 Å². The minimum Gasteiger partial charge on any atom is -0.353 e. The molecule has 1 amide bonds. The lowest BCUT2D eigenvalue weighted by Crippen LogP contribution is -2.19. The Hall–Kier alpha value is -1.57. The maximum atomic E-state index is 11.1. The Balaban J connectivity index is 2.64. The Bertz CT molecular complexity index is 342. The number of nitrogens with one attached hydrogen (secondary N) is 1. The van der Waals surface area contributed by atoms with Crippen LogP contribution < -0.4 is 5.32 Å². The highest BCUT2D eigenvalue weighted by atomic mass is 16.1. The monoisotopic (exact) mass is 189 g/mol. The van der Waals surface area contributed by atoms with Crippen LogP contribution in [0.25, 0.3) is 6.08 Å².